The van der Waals surface area contributed by atoms with Gasteiger partial charge >= 0.3 is 13.8 Å². The van der Waals surface area contributed by atoms with Gasteiger partial charge in [-0.15, -0.1) is 0 Å². The summed E-state index contributed by atoms with van der Waals surface area (Å²) in [6.07, 6.45) is 67.9. The van der Waals surface area contributed by atoms with Gasteiger partial charge in [-0.3, -0.25) is 18.6 Å². The molecular weight excluding hydrogens is 940 g/mol. The normalized spacial score (nSPS) is 14.1. The zero-order chi connectivity index (χ0) is 54.3. The van der Waals surface area contributed by atoms with Gasteiger partial charge in [0.05, 0.1) is 33.8 Å². The summed E-state index contributed by atoms with van der Waals surface area (Å²) in [5.41, 5.74) is 0. The third-order valence-corrected chi connectivity index (χ3v) is 14.7. The van der Waals surface area contributed by atoms with Crippen LogP contribution in [0, 0.1) is 0 Å². The molecule has 1 amide bonds. The van der Waals surface area contributed by atoms with E-state index in [1.54, 1.807) is 0 Å². The van der Waals surface area contributed by atoms with Crippen molar-refractivity contribution >= 4 is 19.7 Å². The van der Waals surface area contributed by atoms with Gasteiger partial charge in [0.2, 0.25) is 5.91 Å². The number of esters is 1. The number of phosphoric ester groups is 1. The summed E-state index contributed by atoms with van der Waals surface area (Å²) in [4.78, 5) is 37.6. The van der Waals surface area contributed by atoms with E-state index in [0.717, 1.165) is 89.9 Å². The number of amides is 1. The molecule has 0 rings (SSSR count). The van der Waals surface area contributed by atoms with Crippen molar-refractivity contribution in [3.63, 3.8) is 0 Å². The molecule has 3 unspecified atom stereocenters. The summed E-state index contributed by atoms with van der Waals surface area (Å²) in [5, 5.41) is 3.05. The van der Waals surface area contributed by atoms with Crippen molar-refractivity contribution in [2.75, 3.05) is 40.9 Å². The highest BCUT2D eigenvalue weighted by atomic mass is 31.2. The van der Waals surface area contributed by atoms with Crippen LogP contribution in [0.3, 0.4) is 0 Å². The first kappa shape index (κ1) is 71.7. The standard InChI is InChI=1S/C64H119N2O7P/c1-7-10-13-16-19-22-25-27-28-29-30-31-32-33-34-35-36-37-38-39-42-44-47-50-53-56-63(67)65-61(60-72-74(69,70)71-59-58-66(4,5)6)62(55-52-49-46-43-41-26-23-20-17-14-11-8-2)73-64(68)57-54-51-48-45-40-24-21-18-15-12-9-3/h19,22,27-28,30-31,33-34,52,55,61-62H,7-18,20-21,23-26,29,32,35-51,53-54,56-60H2,1-6H3,(H-,65,67,69,70)/p+1/b22-19-,28-27-,31-30-,34-33-,55-52-. The minimum Gasteiger partial charge on any atom is -0.456 e. The average Bonchev–Trinajstić information content (AvgIpc) is 3.36. The second-order valence-electron chi connectivity index (χ2n) is 22.2. The second kappa shape index (κ2) is 54.1. The van der Waals surface area contributed by atoms with Gasteiger partial charge in [-0.05, 0) is 76.7 Å². The molecule has 432 valence electrons. The van der Waals surface area contributed by atoms with Gasteiger partial charge in [0.25, 0.3) is 0 Å². The number of ether oxygens (including phenoxy) is 1. The minimum atomic E-state index is -4.45. The highest BCUT2D eigenvalue weighted by Gasteiger charge is 2.30. The predicted molar refractivity (Wildman–Crippen MR) is 318 cm³/mol. The molecule has 0 aliphatic carbocycles. The summed E-state index contributed by atoms with van der Waals surface area (Å²) >= 11 is 0. The first-order chi connectivity index (χ1) is 35.9. The van der Waals surface area contributed by atoms with Gasteiger partial charge in [0.1, 0.15) is 19.3 Å². The summed E-state index contributed by atoms with van der Waals surface area (Å²) < 4.78 is 30.6. The molecule has 9 nitrogen and oxygen atoms in total. The Morgan fingerprint density at radius 2 is 0.824 bits per heavy atom. The molecule has 0 aromatic heterocycles. The molecule has 0 fully saturated rings. The fourth-order valence-electron chi connectivity index (χ4n) is 8.87. The van der Waals surface area contributed by atoms with Crippen LogP contribution >= 0.6 is 7.82 Å². The van der Waals surface area contributed by atoms with E-state index in [1.807, 2.05) is 33.3 Å². The Morgan fingerprint density at radius 3 is 1.26 bits per heavy atom. The SMILES string of the molecule is CCCCC/C=C\C/C=C\C/C=C\C/C=C\CCCCCCCCCCCC(=O)NC(COP(=O)(O)OCC[N+](C)(C)C)C(/C=C\CCCCCCCCCCCC)OC(=O)CCCCCCCCCCCCC. The Bertz CT molecular complexity index is 1450. The van der Waals surface area contributed by atoms with E-state index in [9.17, 15) is 19.0 Å². The summed E-state index contributed by atoms with van der Waals surface area (Å²) in [6, 6.07) is -0.849. The zero-order valence-electron chi connectivity index (χ0n) is 49.3. The number of phosphoric acid groups is 1. The number of hydrogen-bond acceptors (Lipinski definition) is 6. The number of carbonyl (C=O) groups excluding carboxylic acids is 2. The molecule has 10 heteroatoms. The molecule has 0 aromatic rings. The molecular formula is C64H120N2O7P+. The molecule has 3 atom stereocenters. The first-order valence-electron chi connectivity index (χ1n) is 31.1. The van der Waals surface area contributed by atoms with Gasteiger partial charge in [0.15, 0.2) is 0 Å². The van der Waals surface area contributed by atoms with E-state index >= 15 is 0 Å². The smallest absolute Gasteiger partial charge is 0.456 e. The molecule has 0 saturated heterocycles. The monoisotopic (exact) mass is 1060 g/mol. The van der Waals surface area contributed by atoms with Crippen molar-refractivity contribution in [1.82, 2.24) is 5.32 Å². The van der Waals surface area contributed by atoms with E-state index in [0.29, 0.717) is 23.9 Å². The molecule has 0 radical (unpaired) electrons. The lowest BCUT2D eigenvalue weighted by atomic mass is 10.0. The van der Waals surface area contributed by atoms with Gasteiger partial charge in [-0.25, -0.2) is 4.57 Å². The summed E-state index contributed by atoms with van der Waals surface area (Å²) in [6.45, 7) is 6.98. The van der Waals surface area contributed by atoms with Gasteiger partial charge in [-0.2, -0.15) is 0 Å². The van der Waals surface area contributed by atoms with Crippen molar-refractivity contribution < 1.29 is 37.3 Å². The van der Waals surface area contributed by atoms with Crippen LogP contribution in [0.15, 0.2) is 60.8 Å². The number of unbranched alkanes of at least 4 members (excludes halogenated alkanes) is 32. The van der Waals surface area contributed by atoms with Crippen LogP contribution in [0.25, 0.3) is 0 Å². The van der Waals surface area contributed by atoms with Crippen LogP contribution in [0.4, 0.5) is 0 Å². The average molecular weight is 1060 g/mol. The van der Waals surface area contributed by atoms with Gasteiger partial charge in [0, 0.05) is 12.8 Å². The van der Waals surface area contributed by atoms with Crippen LogP contribution in [-0.2, 0) is 27.9 Å². The number of carbonyl (C=O) groups is 2. The maximum Gasteiger partial charge on any atom is 0.472 e. The lowest BCUT2D eigenvalue weighted by Gasteiger charge is -2.27. The largest absolute Gasteiger partial charge is 0.472 e. The van der Waals surface area contributed by atoms with Crippen LogP contribution in [-0.4, -0.2) is 74.3 Å². The van der Waals surface area contributed by atoms with E-state index in [1.165, 1.54) is 161 Å². The van der Waals surface area contributed by atoms with E-state index in [4.69, 9.17) is 13.8 Å². The predicted octanol–water partition coefficient (Wildman–Crippen LogP) is 19.1. The number of quaternary nitrogens is 1. The van der Waals surface area contributed by atoms with Crippen molar-refractivity contribution in [1.29, 1.82) is 0 Å². The number of nitrogens with one attached hydrogen (secondary N) is 1. The topological polar surface area (TPSA) is 111 Å². The number of rotatable bonds is 56. The highest BCUT2D eigenvalue weighted by molar-refractivity contribution is 7.47. The Kier molecular flexibility index (Phi) is 52.4. The summed E-state index contributed by atoms with van der Waals surface area (Å²) in [7, 11) is 1.49. The Morgan fingerprint density at radius 1 is 0.473 bits per heavy atom. The number of likely N-dealkylation sites (N-methyl/N-ethyl adjacent to an activating group) is 1. The maximum absolute atomic E-state index is 13.5. The van der Waals surface area contributed by atoms with E-state index in [2.05, 4.69) is 74.7 Å². The Balaban J connectivity index is 5.11. The van der Waals surface area contributed by atoms with E-state index < -0.39 is 20.0 Å². The van der Waals surface area contributed by atoms with Crippen molar-refractivity contribution in [2.45, 2.75) is 296 Å². The first-order valence-corrected chi connectivity index (χ1v) is 32.6. The Hall–Kier alpha value is -2.29. The van der Waals surface area contributed by atoms with Crippen molar-refractivity contribution in [3.8, 4) is 0 Å². The number of nitrogens with zero attached hydrogens (tertiary/aromatic N) is 1. The maximum atomic E-state index is 13.5. The third-order valence-electron chi connectivity index (χ3n) is 13.7. The molecule has 0 spiro atoms. The molecule has 0 aliphatic rings. The zero-order valence-corrected chi connectivity index (χ0v) is 50.2. The number of allylic oxidation sites excluding steroid dienone is 9. The fraction of sp³-hybridized carbons (Fsp3) is 0.812. The summed E-state index contributed by atoms with van der Waals surface area (Å²) in [5.74, 6) is -0.507. The van der Waals surface area contributed by atoms with Crippen molar-refractivity contribution in [2.24, 2.45) is 0 Å². The van der Waals surface area contributed by atoms with Crippen LogP contribution < -0.4 is 5.32 Å². The Labute approximate surface area is 458 Å². The van der Waals surface area contributed by atoms with Crippen molar-refractivity contribution in [3.05, 3.63) is 60.8 Å². The molecule has 0 heterocycles. The second-order valence-corrected chi connectivity index (χ2v) is 23.7. The molecule has 0 aliphatic heterocycles. The molecule has 0 aromatic carbocycles. The number of hydrogen-bond donors (Lipinski definition) is 2. The lowest BCUT2D eigenvalue weighted by molar-refractivity contribution is -0.870. The molecule has 2 N–H and O–H groups in total. The van der Waals surface area contributed by atoms with Gasteiger partial charge in [-0.1, -0.05) is 255 Å². The molecule has 0 bridgehead atoms. The van der Waals surface area contributed by atoms with Crippen LogP contribution in [0.1, 0.15) is 284 Å². The van der Waals surface area contributed by atoms with Crippen LogP contribution in [0.2, 0.25) is 0 Å². The minimum absolute atomic E-state index is 0.0389. The molecule has 74 heavy (non-hydrogen) atoms. The van der Waals surface area contributed by atoms with Gasteiger partial charge < -0.3 is 19.4 Å². The lowest BCUT2D eigenvalue weighted by Crippen LogP contribution is -2.47. The van der Waals surface area contributed by atoms with Crippen LogP contribution in [0.5, 0.6) is 0 Å². The quantitative estimate of drug-likeness (QED) is 0.0205. The van der Waals surface area contributed by atoms with E-state index in [-0.39, 0.29) is 25.1 Å². The fourth-order valence-corrected chi connectivity index (χ4v) is 9.60. The highest BCUT2D eigenvalue weighted by Crippen LogP contribution is 2.43. The third kappa shape index (κ3) is 54.5. The molecule has 0 saturated carbocycles.